The molecule has 0 unspecified atom stereocenters. The van der Waals surface area contributed by atoms with Crippen LogP contribution < -0.4 is 4.90 Å². The van der Waals surface area contributed by atoms with Gasteiger partial charge in [0.2, 0.25) is 0 Å². The lowest BCUT2D eigenvalue weighted by Gasteiger charge is -2.37. The topological polar surface area (TPSA) is 49.3 Å². The Morgan fingerprint density at radius 1 is 1.00 bits per heavy atom. The van der Waals surface area contributed by atoms with Crippen LogP contribution in [0, 0.1) is 20.8 Å². The smallest absolute Gasteiger partial charge is 0.273 e. The minimum Gasteiger partial charge on any atom is -0.368 e. The van der Waals surface area contributed by atoms with E-state index in [0.29, 0.717) is 11.5 Å². The molecule has 2 heterocycles. The number of anilines is 1. The molecule has 1 aliphatic heterocycles. The zero-order valence-corrected chi connectivity index (χ0v) is 15.9. The molecular formula is C21H26N4O. The molecule has 1 aromatic carbocycles. The van der Waals surface area contributed by atoms with Crippen LogP contribution in [0.3, 0.4) is 0 Å². The van der Waals surface area contributed by atoms with E-state index in [9.17, 15) is 4.79 Å². The van der Waals surface area contributed by atoms with Crippen LogP contribution in [-0.4, -0.2) is 47.0 Å². The molecule has 1 amide bonds. The molecule has 136 valence electrons. The Labute approximate surface area is 155 Å². The number of piperazine rings is 1. The molecule has 1 aliphatic carbocycles. The Bertz CT molecular complexity index is 853. The minimum atomic E-state index is 0.0780. The van der Waals surface area contributed by atoms with Gasteiger partial charge in [-0.1, -0.05) is 12.1 Å². The van der Waals surface area contributed by atoms with Gasteiger partial charge in [0.25, 0.3) is 5.91 Å². The molecule has 0 N–H and O–H groups in total. The van der Waals surface area contributed by atoms with Gasteiger partial charge < -0.3 is 9.80 Å². The molecule has 0 radical (unpaired) electrons. The van der Waals surface area contributed by atoms with Gasteiger partial charge in [-0.15, -0.1) is 0 Å². The summed E-state index contributed by atoms with van der Waals surface area (Å²) >= 11 is 0. The van der Waals surface area contributed by atoms with Gasteiger partial charge >= 0.3 is 0 Å². The fourth-order valence-corrected chi connectivity index (χ4v) is 4.11. The SMILES string of the molecule is Cc1nc2c(c(C(=O)N3CCN(c4cccc(C)c4C)CC3)n1)CCC2. The number of carbonyl (C=O) groups is 1. The molecule has 1 fully saturated rings. The van der Waals surface area contributed by atoms with Crippen molar-refractivity contribution in [2.24, 2.45) is 0 Å². The number of aromatic nitrogens is 2. The van der Waals surface area contributed by atoms with E-state index in [1.807, 2.05) is 11.8 Å². The fourth-order valence-electron chi connectivity index (χ4n) is 4.11. The average Bonchev–Trinajstić information content (AvgIpc) is 3.11. The molecule has 4 rings (SSSR count). The molecule has 1 saturated heterocycles. The van der Waals surface area contributed by atoms with Crippen LogP contribution in [0.25, 0.3) is 0 Å². The first-order valence-electron chi connectivity index (χ1n) is 9.51. The lowest BCUT2D eigenvalue weighted by molar-refractivity contribution is 0.0739. The molecule has 0 saturated carbocycles. The molecule has 2 aromatic rings. The van der Waals surface area contributed by atoms with Crippen LogP contribution in [0.5, 0.6) is 0 Å². The molecule has 5 nitrogen and oxygen atoms in total. The summed E-state index contributed by atoms with van der Waals surface area (Å²) < 4.78 is 0. The van der Waals surface area contributed by atoms with Crippen molar-refractivity contribution in [1.29, 1.82) is 0 Å². The molecule has 5 heteroatoms. The predicted octanol–water partition coefficient (Wildman–Crippen LogP) is 2.85. The van der Waals surface area contributed by atoms with Crippen LogP contribution in [0.15, 0.2) is 18.2 Å². The van der Waals surface area contributed by atoms with Gasteiger partial charge in [0, 0.05) is 43.1 Å². The zero-order chi connectivity index (χ0) is 18.3. The number of fused-ring (bicyclic) bond motifs is 1. The van der Waals surface area contributed by atoms with Gasteiger partial charge in [0.1, 0.15) is 11.5 Å². The molecule has 0 bridgehead atoms. The summed E-state index contributed by atoms with van der Waals surface area (Å²) in [4.78, 5) is 26.5. The van der Waals surface area contributed by atoms with Crippen molar-refractivity contribution in [3.05, 3.63) is 52.1 Å². The van der Waals surface area contributed by atoms with E-state index in [1.165, 1.54) is 16.8 Å². The van der Waals surface area contributed by atoms with E-state index < -0.39 is 0 Å². The van der Waals surface area contributed by atoms with Crippen molar-refractivity contribution in [3.63, 3.8) is 0 Å². The predicted molar refractivity (Wildman–Crippen MR) is 103 cm³/mol. The highest BCUT2D eigenvalue weighted by atomic mass is 16.2. The second-order valence-electron chi connectivity index (χ2n) is 7.40. The highest BCUT2D eigenvalue weighted by Crippen LogP contribution is 2.26. The summed E-state index contributed by atoms with van der Waals surface area (Å²) in [5.41, 5.74) is 6.73. The first-order chi connectivity index (χ1) is 12.5. The number of amides is 1. The summed E-state index contributed by atoms with van der Waals surface area (Å²) in [7, 11) is 0. The first-order valence-corrected chi connectivity index (χ1v) is 9.51. The number of benzene rings is 1. The quantitative estimate of drug-likeness (QED) is 0.836. The average molecular weight is 350 g/mol. The van der Waals surface area contributed by atoms with Crippen molar-refractivity contribution < 1.29 is 4.79 Å². The summed E-state index contributed by atoms with van der Waals surface area (Å²) in [5, 5.41) is 0. The van der Waals surface area contributed by atoms with Crippen LogP contribution in [-0.2, 0) is 12.8 Å². The van der Waals surface area contributed by atoms with E-state index in [-0.39, 0.29) is 5.91 Å². The van der Waals surface area contributed by atoms with Crippen LogP contribution in [0.1, 0.15) is 45.1 Å². The maximum absolute atomic E-state index is 13.1. The number of nitrogens with zero attached hydrogens (tertiary/aromatic N) is 4. The van der Waals surface area contributed by atoms with Gasteiger partial charge in [-0.3, -0.25) is 4.79 Å². The second kappa shape index (κ2) is 6.71. The number of aryl methyl sites for hydroxylation is 3. The van der Waals surface area contributed by atoms with Gasteiger partial charge in [-0.2, -0.15) is 0 Å². The number of carbonyl (C=O) groups excluding carboxylic acids is 1. The van der Waals surface area contributed by atoms with E-state index in [2.05, 4.69) is 46.9 Å². The maximum atomic E-state index is 13.1. The van der Waals surface area contributed by atoms with Crippen molar-refractivity contribution in [1.82, 2.24) is 14.9 Å². The molecule has 26 heavy (non-hydrogen) atoms. The van der Waals surface area contributed by atoms with E-state index in [4.69, 9.17) is 0 Å². The lowest BCUT2D eigenvalue weighted by Crippen LogP contribution is -2.49. The molecule has 2 aliphatic rings. The van der Waals surface area contributed by atoms with Gasteiger partial charge in [0.15, 0.2) is 0 Å². The molecule has 0 spiro atoms. The summed E-state index contributed by atoms with van der Waals surface area (Å²) in [6.45, 7) is 9.41. The van der Waals surface area contributed by atoms with Crippen molar-refractivity contribution in [2.75, 3.05) is 31.1 Å². The Balaban J connectivity index is 1.50. The third-order valence-electron chi connectivity index (χ3n) is 5.73. The van der Waals surface area contributed by atoms with Crippen molar-refractivity contribution in [2.45, 2.75) is 40.0 Å². The Morgan fingerprint density at radius 3 is 2.54 bits per heavy atom. The summed E-state index contributed by atoms with van der Waals surface area (Å²) in [6.07, 6.45) is 2.98. The number of hydrogen-bond acceptors (Lipinski definition) is 4. The standard InChI is InChI=1S/C21H26N4O/c1-14-6-4-9-19(15(14)2)24-10-12-25(13-11-24)21(26)20-17-7-5-8-18(17)22-16(3)23-20/h4,6,9H,5,7-8,10-13H2,1-3H3. The second-order valence-corrected chi connectivity index (χ2v) is 7.40. The van der Waals surface area contributed by atoms with Crippen LogP contribution in [0.4, 0.5) is 5.69 Å². The fraction of sp³-hybridized carbons (Fsp3) is 0.476. The molecular weight excluding hydrogens is 324 g/mol. The molecule has 1 aromatic heterocycles. The maximum Gasteiger partial charge on any atom is 0.273 e. The Hall–Kier alpha value is -2.43. The first kappa shape index (κ1) is 17.0. The minimum absolute atomic E-state index is 0.0780. The number of hydrogen-bond donors (Lipinski definition) is 0. The third kappa shape index (κ3) is 2.96. The third-order valence-corrected chi connectivity index (χ3v) is 5.73. The largest absolute Gasteiger partial charge is 0.368 e. The van der Waals surface area contributed by atoms with Crippen molar-refractivity contribution in [3.8, 4) is 0 Å². The van der Waals surface area contributed by atoms with Gasteiger partial charge in [0.05, 0.1) is 0 Å². The van der Waals surface area contributed by atoms with Crippen LogP contribution in [0.2, 0.25) is 0 Å². The summed E-state index contributed by atoms with van der Waals surface area (Å²) in [6, 6.07) is 6.44. The van der Waals surface area contributed by atoms with E-state index in [1.54, 1.807) is 0 Å². The Kier molecular flexibility index (Phi) is 4.39. The van der Waals surface area contributed by atoms with Gasteiger partial charge in [-0.05, 0) is 57.2 Å². The monoisotopic (exact) mass is 350 g/mol. The summed E-state index contributed by atoms with van der Waals surface area (Å²) in [5.74, 6) is 0.789. The van der Waals surface area contributed by atoms with E-state index in [0.717, 1.165) is 56.7 Å². The van der Waals surface area contributed by atoms with Gasteiger partial charge in [-0.25, -0.2) is 9.97 Å². The highest BCUT2D eigenvalue weighted by molar-refractivity contribution is 5.94. The lowest BCUT2D eigenvalue weighted by atomic mass is 10.1. The molecule has 0 atom stereocenters. The normalized spacial score (nSPS) is 16.7. The van der Waals surface area contributed by atoms with Crippen LogP contribution >= 0.6 is 0 Å². The highest BCUT2D eigenvalue weighted by Gasteiger charge is 2.28. The zero-order valence-electron chi connectivity index (χ0n) is 15.9. The number of rotatable bonds is 2. The Morgan fingerprint density at radius 2 is 1.77 bits per heavy atom. The van der Waals surface area contributed by atoms with Crippen molar-refractivity contribution >= 4 is 11.6 Å². The van der Waals surface area contributed by atoms with E-state index >= 15 is 0 Å².